The summed E-state index contributed by atoms with van der Waals surface area (Å²) in [5.74, 6) is -2.93. The molecule has 226 valence electrons. The Labute approximate surface area is 250 Å². The molecule has 3 aromatic carbocycles. The van der Waals surface area contributed by atoms with E-state index in [1.807, 2.05) is 91.0 Å². The molecule has 1 unspecified atom stereocenters. The van der Waals surface area contributed by atoms with E-state index in [0.717, 1.165) is 34.3 Å². The smallest absolute Gasteiger partial charge is 0.493 e. The summed E-state index contributed by atoms with van der Waals surface area (Å²) in [7, 11) is 0. The number of carbonyl (C=O) groups excluding carboxylic acids is 2. The van der Waals surface area contributed by atoms with Crippen LogP contribution in [0.2, 0.25) is 0 Å². The molecular formula is C33H28F3N3O5. The lowest BCUT2D eigenvalue weighted by Crippen LogP contribution is -2.27. The molecule has 2 heterocycles. The van der Waals surface area contributed by atoms with E-state index in [4.69, 9.17) is 4.74 Å². The summed E-state index contributed by atoms with van der Waals surface area (Å²) in [6.07, 6.45) is -1.49. The predicted octanol–water partition coefficient (Wildman–Crippen LogP) is 7.20. The van der Waals surface area contributed by atoms with Crippen LogP contribution in [0.3, 0.4) is 0 Å². The number of rotatable bonds is 11. The largest absolute Gasteiger partial charge is 0.495 e. The zero-order valence-corrected chi connectivity index (χ0v) is 23.3. The number of anilines is 1. The van der Waals surface area contributed by atoms with Crippen molar-refractivity contribution >= 4 is 28.7 Å². The summed E-state index contributed by atoms with van der Waals surface area (Å²) in [4.78, 5) is 39.0. The number of H-pyrrole nitrogens is 1. The van der Waals surface area contributed by atoms with Crippen molar-refractivity contribution in [2.75, 3.05) is 18.5 Å². The Kier molecular flexibility index (Phi) is 9.43. The number of hydrogen-bond donors (Lipinski definition) is 2. The maximum atomic E-state index is 12.6. The molecule has 0 saturated heterocycles. The Morgan fingerprint density at radius 3 is 2.36 bits per heavy atom. The minimum absolute atomic E-state index is 0.385. The van der Waals surface area contributed by atoms with Crippen molar-refractivity contribution in [1.29, 1.82) is 0 Å². The number of aromatic amines is 1. The molecule has 11 heteroatoms. The molecule has 0 aliphatic rings. The van der Waals surface area contributed by atoms with Gasteiger partial charge in [0.15, 0.2) is 0 Å². The summed E-state index contributed by atoms with van der Waals surface area (Å²) in [6.45, 7) is 1.16. The van der Waals surface area contributed by atoms with Crippen molar-refractivity contribution in [2.24, 2.45) is 0 Å². The monoisotopic (exact) mass is 603 g/mol. The van der Waals surface area contributed by atoms with Gasteiger partial charge in [-0.1, -0.05) is 60.7 Å². The van der Waals surface area contributed by atoms with Gasteiger partial charge < -0.3 is 15.0 Å². The third-order valence-electron chi connectivity index (χ3n) is 6.85. The maximum Gasteiger partial charge on any atom is 0.495 e. The summed E-state index contributed by atoms with van der Waals surface area (Å²) >= 11 is 0. The number of pyridine rings is 1. The molecule has 0 saturated carbocycles. The standard InChI is InChI=1S/C33H28F3N3O5/c34-33(35,36)32(41)44-43-31(40)20-27(24-12-10-23(11-13-24)22-7-2-1-3-8-22)28-21-39-29-19-25(14-15-26(28)29)42-18-6-17-38-30-9-4-5-16-37-30/h1-5,7-16,19,21,27,39H,6,17-18,20H2,(H,37,38). The normalized spacial score (nSPS) is 12.0. The van der Waals surface area contributed by atoms with Crippen LogP contribution < -0.4 is 10.1 Å². The predicted molar refractivity (Wildman–Crippen MR) is 158 cm³/mol. The van der Waals surface area contributed by atoms with Crippen LogP contribution in [0.5, 0.6) is 5.75 Å². The number of alkyl halides is 3. The Bertz CT molecular complexity index is 1690. The molecule has 2 N–H and O–H groups in total. The van der Waals surface area contributed by atoms with Gasteiger partial charge in [0.1, 0.15) is 11.6 Å². The fraction of sp³-hybridized carbons (Fsp3) is 0.182. The Morgan fingerprint density at radius 2 is 1.64 bits per heavy atom. The second-order valence-corrected chi connectivity index (χ2v) is 9.86. The van der Waals surface area contributed by atoms with E-state index in [9.17, 15) is 22.8 Å². The lowest BCUT2D eigenvalue weighted by atomic mass is 9.87. The zero-order valence-electron chi connectivity index (χ0n) is 23.3. The molecule has 0 aliphatic carbocycles. The Hall–Kier alpha value is -5.32. The summed E-state index contributed by atoms with van der Waals surface area (Å²) in [5, 5.41) is 4.01. The number of nitrogens with zero attached hydrogens (tertiary/aromatic N) is 1. The first kappa shape index (κ1) is 30.1. The van der Waals surface area contributed by atoms with Crippen molar-refractivity contribution in [3.8, 4) is 16.9 Å². The van der Waals surface area contributed by atoms with Crippen LogP contribution in [-0.4, -0.2) is 41.2 Å². The number of aromatic nitrogens is 2. The number of halogens is 3. The van der Waals surface area contributed by atoms with E-state index in [1.54, 1.807) is 12.4 Å². The second kappa shape index (κ2) is 13.8. The molecule has 0 spiro atoms. The maximum absolute atomic E-state index is 12.6. The summed E-state index contributed by atoms with van der Waals surface area (Å²) in [5.41, 5.74) is 4.11. The lowest BCUT2D eigenvalue weighted by Gasteiger charge is -2.17. The van der Waals surface area contributed by atoms with E-state index < -0.39 is 24.0 Å². The minimum Gasteiger partial charge on any atom is -0.493 e. The van der Waals surface area contributed by atoms with E-state index in [1.165, 1.54) is 0 Å². The van der Waals surface area contributed by atoms with Gasteiger partial charge in [0.2, 0.25) is 0 Å². The lowest BCUT2D eigenvalue weighted by molar-refractivity contribution is -0.285. The van der Waals surface area contributed by atoms with E-state index >= 15 is 0 Å². The molecule has 44 heavy (non-hydrogen) atoms. The summed E-state index contributed by atoms with van der Waals surface area (Å²) in [6, 6.07) is 28.3. The van der Waals surface area contributed by atoms with Gasteiger partial charge in [0.05, 0.1) is 13.0 Å². The van der Waals surface area contributed by atoms with Gasteiger partial charge in [-0.05, 0) is 52.9 Å². The highest BCUT2D eigenvalue weighted by Crippen LogP contribution is 2.36. The third-order valence-corrected chi connectivity index (χ3v) is 6.85. The van der Waals surface area contributed by atoms with Gasteiger partial charge in [-0.15, -0.1) is 0 Å². The zero-order chi connectivity index (χ0) is 30.9. The molecule has 5 rings (SSSR count). The van der Waals surface area contributed by atoms with Crippen molar-refractivity contribution in [1.82, 2.24) is 9.97 Å². The molecule has 0 radical (unpaired) electrons. The van der Waals surface area contributed by atoms with Gasteiger partial charge in [-0.3, -0.25) is 0 Å². The van der Waals surface area contributed by atoms with Crippen molar-refractivity contribution in [3.63, 3.8) is 0 Å². The first-order chi connectivity index (χ1) is 21.3. The fourth-order valence-electron chi connectivity index (χ4n) is 4.73. The van der Waals surface area contributed by atoms with Gasteiger partial charge in [-0.2, -0.15) is 13.2 Å². The first-order valence-electron chi connectivity index (χ1n) is 13.8. The molecule has 0 fully saturated rings. The second-order valence-electron chi connectivity index (χ2n) is 9.86. The molecule has 2 aromatic heterocycles. The number of benzene rings is 3. The molecule has 8 nitrogen and oxygen atoms in total. The molecule has 5 aromatic rings. The van der Waals surface area contributed by atoms with Crippen LogP contribution in [-0.2, 0) is 19.4 Å². The fourth-order valence-corrected chi connectivity index (χ4v) is 4.73. The highest BCUT2D eigenvalue weighted by molar-refractivity contribution is 5.86. The van der Waals surface area contributed by atoms with E-state index in [2.05, 4.69) is 25.1 Å². The molecule has 0 amide bonds. The van der Waals surface area contributed by atoms with Gasteiger partial charge >= 0.3 is 18.1 Å². The number of fused-ring (bicyclic) bond motifs is 1. The van der Waals surface area contributed by atoms with Gasteiger partial charge in [-0.25, -0.2) is 24.3 Å². The average molecular weight is 604 g/mol. The molecular weight excluding hydrogens is 575 g/mol. The quantitative estimate of drug-likeness (QED) is 0.0936. The number of carbonyl (C=O) groups is 2. The molecule has 1 atom stereocenters. The van der Waals surface area contributed by atoms with Crippen LogP contribution in [0.25, 0.3) is 22.0 Å². The topological polar surface area (TPSA) is 103 Å². The first-order valence-corrected chi connectivity index (χ1v) is 13.8. The van der Waals surface area contributed by atoms with Gasteiger partial charge in [0.25, 0.3) is 0 Å². The number of ether oxygens (including phenoxy) is 1. The average Bonchev–Trinajstić information content (AvgIpc) is 3.46. The Morgan fingerprint density at radius 1 is 0.886 bits per heavy atom. The Balaban J connectivity index is 1.31. The minimum atomic E-state index is -5.29. The van der Waals surface area contributed by atoms with E-state index in [-0.39, 0.29) is 6.42 Å². The highest BCUT2D eigenvalue weighted by atomic mass is 19.4. The van der Waals surface area contributed by atoms with Crippen LogP contribution in [0.15, 0.2) is 103 Å². The SMILES string of the molecule is O=C(CC(c1ccc(-c2ccccc2)cc1)c1c[nH]c2cc(OCCCNc3ccccn3)ccc12)OOC(=O)C(F)(F)F. The number of nitrogens with one attached hydrogen (secondary N) is 2. The highest BCUT2D eigenvalue weighted by Gasteiger charge is 2.43. The van der Waals surface area contributed by atoms with Crippen molar-refractivity contribution < 1.29 is 37.3 Å². The summed E-state index contributed by atoms with van der Waals surface area (Å²) < 4.78 is 43.5. The van der Waals surface area contributed by atoms with Crippen LogP contribution in [0.4, 0.5) is 19.0 Å². The van der Waals surface area contributed by atoms with E-state index in [0.29, 0.717) is 30.0 Å². The van der Waals surface area contributed by atoms with Crippen LogP contribution in [0.1, 0.15) is 29.9 Å². The molecule has 0 aliphatic heterocycles. The number of hydrogen-bond acceptors (Lipinski definition) is 7. The van der Waals surface area contributed by atoms with Crippen molar-refractivity contribution in [3.05, 3.63) is 115 Å². The van der Waals surface area contributed by atoms with Gasteiger partial charge in [0, 0.05) is 41.8 Å². The third kappa shape index (κ3) is 7.74. The van der Waals surface area contributed by atoms with Crippen LogP contribution in [0, 0.1) is 0 Å². The molecule has 0 bridgehead atoms. The van der Waals surface area contributed by atoms with Crippen molar-refractivity contribution in [2.45, 2.75) is 24.9 Å². The van der Waals surface area contributed by atoms with Crippen LogP contribution >= 0.6 is 0 Å².